The van der Waals surface area contributed by atoms with E-state index in [4.69, 9.17) is 17.3 Å². The molecule has 0 saturated carbocycles. The molecule has 0 amide bonds. The summed E-state index contributed by atoms with van der Waals surface area (Å²) in [6.07, 6.45) is 3.29. The molecule has 1 saturated heterocycles. The molecule has 0 aromatic carbocycles. The smallest absolute Gasteiger partial charge is 0.225 e. The van der Waals surface area contributed by atoms with Gasteiger partial charge < -0.3 is 10.6 Å². The van der Waals surface area contributed by atoms with Crippen LogP contribution in [0, 0.1) is 5.92 Å². The molecule has 0 spiro atoms. The average molecular weight is 270 g/mol. The van der Waals surface area contributed by atoms with Crippen molar-refractivity contribution in [1.29, 1.82) is 0 Å². The Bertz CT molecular complexity index is 361. The molecule has 1 aromatic heterocycles. The molecule has 1 aromatic rings. The van der Waals surface area contributed by atoms with Gasteiger partial charge in [0.05, 0.1) is 17.4 Å². The minimum atomic E-state index is 0.559. The molecule has 1 aliphatic heterocycles. The summed E-state index contributed by atoms with van der Waals surface area (Å²) >= 11 is 5.78. The van der Waals surface area contributed by atoms with E-state index in [9.17, 15) is 0 Å². The Morgan fingerprint density at radius 1 is 1.28 bits per heavy atom. The summed E-state index contributed by atoms with van der Waals surface area (Å²) in [6.45, 7) is 8.01. The Morgan fingerprint density at radius 3 is 2.44 bits per heavy atom. The Hall–Kier alpha value is -0.910. The third-order valence-corrected chi connectivity index (χ3v) is 3.43. The Kier molecular flexibility index (Phi) is 4.74. The van der Waals surface area contributed by atoms with Crippen molar-refractivity contribution < 1.29 is 0 Å². The van der Waals surface area contributed by atoms with E-state index in [1.807, 2.05) is 0 Å². The van der Waals surface area contributed by atoms with Crippen LogP contribution in [0.4, 0.5) is 5.95 Å². The third kappa shape index (κ3) is 3.54. The minimum absolute atomic E-state index is 0.559. The summed E-state index contributed by atoms with van der Waals surface area (Å²) in [5.41, 5.74) is 5.65. The lowest BCUT2D eigenvalue weighted by atomic mass is 10.1. The number of anilines is 1. The van der Waals surface area contributed by atoms with Gasteiger partial charge in [-0.15, -0.1) is 0 Å². The summed E-state index contributed by atoms with van der Waals surface area (Å²) in [5.74, 6) is 1.33. The van der Waals surface area contributed by atoms with Crippen molar-refractivity contribution in [2.24, 2.45) is 11.7 Å². The quantitative estimate of drug-likeness (QED) is 0.878. The molecule has 0 radical (unpaired) electrons. The van der Waals surface area contributed by atoms with Crippen molar-refractivity contribution >= 4 is 17.5 Å². The second-order valence-electron chi connectivity index (χ2n) is 4.83. The van der Waals surface area contributed by atoms with E-state index in [-0.39, 0.29) is 0 Å². The number of nitrogens with zero attached hydrogens (tertiary/aromatic N) is 4. The van der Waals surface area contributed by atoms with E-state index in [1.54, 1.807) is 12.4 Å². The molecule has 100 valence electrons. The van der Waals surface area contributed by atoms with Gasteiger partial charge in [0.15, 0.2) is 0 Å². The van der Waals surface area contributed by atoms with Crippen LogP contribution in [0.5, 0.6) is 0 Å². The first-order chi connectivity index (χ1) is 8.69. The molecule has 2 N–H and O–H groups in total. The van der Waals surface area contributed by atoms with Crippen LogP contribution in [-0.4, -0.2) is 54.1 Å². The molecule has 0 aliphatic carbocycles. The van der Waals surface area contributed by atoms with Gasteiger partial charge in [-0.25, -0.2) is 9.97 Å². The molecule has 5 nitrogen and oxygen atoms in total. The van der Waals surface area contributed by atoms with E-state index in [0.29, 0.717) is 10.9 Å². The summed E-state index contributed by atoms with van der Waals surface area (Å²) in [4.78, 5) is 13.1. The predicted molar refractivity (Wildman–Crippen MR) is 73.9 cm³/mol. The first-order valence-corrected chi connectivity index (χ1v) is 6.71. The van der Waals surface area contributed by atoms with Gasteiger partial charge in [-0.1, -0.05) is 18.5 Å². The van der Waals surface area contributed by atoms with Gasteiger partial charge in [-0.05, 0) is 12.5 Å². The van der Waals surface area contributed by atoms with E-state index < -0.39 is 0 Å². The lowest BCUT2D eigenvalue weighted by Gasteiger charge is -2.35. The lowest BCUT2D eigenvalue weighted by molar-refractivity contribution is 0.226. The number of hydrogen-bond acceptors (Lipinski definition) is 5. The van der Waals surface area contributed by atoms with Gasteiger partial charge in [0.1, 0.15) is 0 Å². The second kappa shape index (κ2) is 6.31. The van der Waals surface area contributed by atoms with Gasteiger partial charge in [0.2, 0.25) is 5.95 Å². The zero-order valence-corrected chi connectivity index (χ0v) is 11.5. The highest BCUT2D eigenvalue weighted by atomic mass is 35.5. The molecule has 0 bridgehead atoms. The highest BCUT2D eigenvalue weighted by Crippen LogP contribution is 2.13. The first kappa shape index (κ1) is 13.5. The van der Waals surface area contributed by atoms with Crippen molar-refractivity contribution in [3.63, 3.8) is 0 Å². The van der Waals surface area contributed by atoms with E-state index in [0.717, 1.165) is 45.2 Å². The van der Waals surface area contributed by atoms with Crippen LogP contribution >= 0.6 is 11.6 Å². The molecule has 1 unspecified atom stereocenters. The summed E-state index contributed by atoms with van der Waals surface area (Å²) < 4.78 is 0. The molecule has 1 atom stereocenters. The number of rotatable bonds is 4. The van der Waals surface area contributed by atoms with Gasteiger partial charge in [0, 0.05) is 32.7 Å². The molecule has 18 heavy (non-hydrogen) atoms. The molecule has 6 heteroatoms. The van der Waals surface area contributed by atoms with Crippen LogP contribution in [0.3, 0.4) is 0 Å². The summed E-state index contributed by atoms with van der Waals surface area (Å²) in [7, 11) is 0. The fourth-order valence-electron chi connectivity index (χ4n) is 2.11. The Labute approximate surface area is 113 Å². The van der Waals surface area contributed by atoms with Crippen molar-refractivity contribution in [2.45, 2.75) is 6.92 Å². The topological polar surface area (TPSA) is 58.3 Å². The van der Waals surface area contributed by atoms with E-state index in [1.165, 1.54) is 0 Å². The zero-order valence-electron chi connectivity index (χ0n) is 10.7. The molecule has 1 aliphatic rings. The highest BCUT2D eigenvalue weighted by Gasteiger charge is 2.19. The maximum atomic E-state index is 5.78. The fraction of sp³-hybridized carbons (Fsp3) is 0.667. The highest BCUT2D eigenvalue weighted by molar-refractivity contribution is 6.30. The first-order valence-electron chi connectivity index (χ1n) is 6.34. The van der Waals surface area contributed by atoms with Crippen LogP contribution in [0.15, 0.2) is 12.4 Å². The van der Waals surface area contributed by atoms with Gasteiger partial charge in [-0.3, -0.25) is 4.90 Å². The van der Waals surface area contributed by atoms with Crippen molar-refractivity contribution in [1.82, 2.24) is 14.9 Å². The number of piperazine rings is 1. The van der Waals surface area contributed by atoms with Crippen molar-refractivity contribution in [3.05, 3.63) is 17.4 Å². The maximum absolute atomic E-state index is 5.78. The van der Waals surface area contributed by atoms with Crippen molar-refractivity contribution in [2.75, 3.05) is 44.2 Å². The van der Waals surface area contributed by atoms with Gasteiger partial charge in [-0.2, -0.15) is 0 Å². The molecular weight excluding hydrogens is 250 g/mol. The number of aromatic nitrogens is 2. The lowest BCUT2D eigenvalue weighted by Crippen LogP contribution is -2.48. The van der Waals surface area contributed by atoms with Crippen LogP contribution in [0.1, 0.15) is 6.92 Å². The molecule has 2 heterocycles. The van der Waals surface area contributed by atoms with Gasteiger partial charge >= 0.3 is 0 Å². The molecular formula is C12H20ClN5. The standard InChI is InChI=1S/C12H20ClN5/c1-10(6-14)9-17-2-4-18(5-3-17)12-15-7-11(13)8-16-12/h7-8,10H,2-6,9,14H2,1H3. The third-order valence-electron chi connectivity index (χ3n) is 3.23. The van der Waals surface area contributed by atoms with Crippen LogP contribution < -0.4 is 10.6 Å². The van der Waals surface area contributed by atoms with E-state index in [2.05, 4.69) is 26.7 Å². The molecule has 2 rings (SSSR count). The number of halogens is 1. The fourth-order valence-corrected chi connectivity index (χ4v) is 2.21. The average Bonchev–Trinajstić information content (AvgIpc) is 2.40. The SMILES string of the molecule is CC(CN)CN1CCN(c2ncc(Cl)cn2)CC1. The van der Waals surface area contributed by atoms with Gasteiger partial charge in [0.25, 0.3) is 0 Å². The van der Waals surface area contributed by atoms with Crippen LogP contribution in [0.2, 0.25) is 5.02 Å². The Balaban J connectivity index is 1.84. The second-order valence-corrected chi connectivity index (χ2v) is 5.27. The molecule has 1 fully saturated rings. The Morgan fingerprint density at radius 2 is 1.89 bits per heavy atom. The van der Waals surface area contributed by atoms with E-state index >= 15 is 0 Å². The summed E-state index contributed by atoms with van der Waals surface area (Å²) in [5, 5.41) is 0.578. The normalized spacial score (nSPS) is 18.9. The maximum Gasteiger partial charge on any atom is 0.225 e. The van der Waals surface area contributed by atoms with Crippen LogP contribution in [-0.2, 0) is 0 Å². The zero-order chi connectivity index (χ0) is 13.0. The minimum Gasteiger partial charge on any atom is -0.338 e. The predicted octanol–water partition coefficient (Wildman–Crippen LogP) is 0.847. The monoisotopic (exact) mass is 269 g/mol. The van der Waals surface area contributed by atoms with Crippen molar-refractivity contribution in [3.8, 4) is 0 Å². The number of nitrogens with two attached hydrogens (primary N) is 1. The van der Waals surface area contributed by atoms with Crippen LogP contribution in [0.25, 0.3) is 0 Å². The largest absolute Gasteiger partial charge is 0.338 e. The number of hydrogen-bond donors (Lipinski definition) is 1. The summed E-state index contributed by atoms with van der Waals surface area (Å²) in [6, 6.07) is 0.